The molecule has 0 aliphatic carbocycles. The normalized spacial score (nSPS) is 24.6. The highest BCUT2D eigenvalue weighted by atomic mass is 16.2. The highest BCUT2D eigenvalue weighted by Crippen LogP contribution is 2.18. The molecule has 0 saturated carbocycles. The van der Waals surface area contributed by atoms with Crippen LogP contribution in [0.25, 0.3) is 0 Å². The molecule has 1 saturated heterocycles. The van der Waals surface area contributed by atoms with Crippen molar-refractivity contribution < 1.29 is 4.79 Å². The lowest BCUT2D eigenvalue weighted by molar-refractivity contribution is -0.120. The van der Waals surface area contributed by atoms with Crippen molar-refractivity contribution in [3.63, 3.8) is 0 Å². The molecular formula is C11H18N4O. The molecule has 1 aromatic rings. The van der Waals surface area contributed by atoms with Gasteiger partial charge in [0.25, 0.3) is 0 Å². The second-order valence-electron chi connectivity index (χ2n) is 4.36. The lowest BCUT2D eigenvalue weighted by Crippen LogP contribution is -2.27. The molecule has 16 heavy (non-hydrogen) atoms. The van der Waals surface area contributed by atoms with Crippen LogP contribution >= 0.6 is 0 Å². The molecule has 1 aromatic heterocycles. The number of hydrogen-bond donors (Lipinski definition) is 3. The average molecular weight is 222 g/mol. The van der Waals surface area contributed by atoms with Gasteiger partial charge in [0.2, 0.25) is 5.91 Å². The first-order valence-corrected chi connectivity index (χ1v) is 5.76. The Balaban J connectivity index is 1.96. The zero-order valence-corrected chi connectivity index (χ0v) is 9.71. The largest absolute Gasteiger partial charge is 0.316 e. The molecule has 1 aliphatic rings. The number of carbonyl (C=O) groups is 1. The molecule has 0 bridgehead atoms. The first-order chi connectivity index (χ1) is 7.70. The third-order valence-corrected chi connectivity index (χ3v) is 3.12. The topological polar surface area (TPSA) is 69.8 Å². The van der Waals surface area contributed by atoms with E-state index in [9.17, 15) is 4.79 Å². The van der Waals surface area contributed by atoms with Crippen LogP contribution in [0.3, 0.4) is 0 Å². The van der Waals surface area contributed by atoms with E-state index in [4.69, 9.17) is 0 Å². The quantitative estimate of drug-likeness (QED) is 0.707. The van der Waals surface area contributed by atoms with E-state index in [1.54, 1.807) is 0 Å². The number of nitrogens with zero attached hydrogens (tertiary/aromatic N) is 1. The molecule has 1 fully saturated rings. The fraction of sp³-hybridized carbons (Fsp3) is 0.636. The number of amides is 1. The fourth-order valence-corrected chi connectivity index (χ4v) is 1.99. The van der Waals surface area contributed by atoms with Gasteiger partial charge in [-0.1, -0.05) is 13.8 Å². The number of aromatic amines is 1. The predicted molar refractivity (Wildman–Crippen MR) is 62.1 cm³/mol. The Hall–Kier alpha value is -1.36. The summed E-state index contributed by atoms with van der Waals surface area (Å²) in [4.78, 5) is 11.9. The van der Waals surface area contributed by atoms with Crippen LogP contribution in [0.4, 0.5) is 5.82 Å². The summed E-state index contributed by atoms with van der Waals surface area (Å²) < 4.78 is 0. The third-order valence-electron chi connectivity index (χ3n) is 3.12. The Labute approximate surface area is 95.0 Å². The lowest BCUT2D eigenvalue weighted by atomic mass is 9.97. The van der Waals surface area contributed by atoms with Gasteiger partial charge in [-0.05, 0) is 18.9 Å². The molecule has 2 atom stereocenters. The predicted octanol–water partition coefficient (Wildman–Crippen LogP) is 0.766. The SMILES string of the molecule is CCc1cc(NC(=O)[C@@H]2CNC[C@H]2C)n[nH]1. The summed E-state index contributed by atoms with van der Waals surface area (Å²) in [7, 11) is 0. The van der Waals surface area contributed by atoms with Crippen molar-refractivity contribution >= 4 is 11.7 Å². The third kappa shape index (κ3) is 2.24. The molecule has 0 aromatic carbocycles. The van der Waals surface area contributed by atoms with E-state index < -0.39 is 0 Å². The number of carbonyl (C=O) groups excluding carboxylic acids is 1. The minimum Gasteiger partial charge on any atom is -0.316 e. The zero-order chi connectivity index (χ0) is 11.5. The molecule has 1 amide bonds. The van der Waals surface area contributed by atoms with Crippen molar-refractivity contribution in [3.8, 4) is 0 Å². The summed E-state index contributed by atoms with van der Waals surface area (Å²) >= 11 is 0. The summed E-state index contributed by atoms with van der Waals surface area (Å²) in [6.07, 6.45) is 0.893. The molecule has 5 heteroatoms. The van der Waals surface area contributed by atoms with Gasteiger partial charge in [-0.25, -0.2) is 0 Å². The molecule has 0 unspecified atom stereocenters. The van der Waals surface area contributed by atoms with Gasteiger partial charge in [0.05, 0.1) is 5.92 Å². The summed E-state index contributed by atoms with van der Waals surface area (Å²) in [5, 5.41) is 13.0. The van der Waals surface area contributed by atoms with Gasteiger partial charge in [-0.15, -0.1) is 0 Å². The van der Waals surface area contributed by atoms with Crippen LogP contribution in [0.5, 0.6) is 0 Å². The number of hydrogen-bond acceptors (Lipinski definition) is 3. The monoisotopic (exact) mass is 222 g/mol. The zero-order valence-electron chi connectivity index (χ0n) is 9.71. The van der Waals surface area contributed by atoms with Crippen LogP contribution in [-0.2, 0) is 11.2 Å². The number of aromatic nitrogens is 2. The summed E-state index contributed by atoms with van der Waals surface area (Å²) in [6.45, 7) is 5.81. The number of anilines is 1. The number of nitrogens with one attached hydrogen (secondary N) is 3. The van der Waals surface area contributed by atoms with Gasteiger partial charge in [0, 0.05) is 18.3 Å². The van der Waals surface area contributed by atoms with Gasteiger partial charge in [-0.2, -0.15) is 5.10 Å². The van der Waals surface area contributed by atoms with Gasteiger partial charge < -0.3 is 10.6 Å². The molecule has 2 rings (SSSR count). The first-order valence-electron chi connectivity index (χ1n) is 5.76. The Bertz CT molecular complexity index is 374. The highest BCUT2D eigenvalue weighted by Gasteiger charge is 2.29. The van der Waals surface area contributed by atoms with E-state index in [1.807, 2.05) is 13.0 Å². The average Bonchev–Trinajstić information content (AvgIpc) is 2.86. The van der Waals surface area contributed by atoms with E-state index >= 15 is 0 Å². The summed E-state index contributed by atoms with van der Waals surface area (Å²) in [6, 6.07) is 1.88. The van der Waals surface area contributed by atoms with Crippen LogP contribution in [-0.4, -0.2) is 29.2 Å². The summed E-state index contributed by atoms with van der Waals surface area (Å²) in [5.41, 5.74) is 1.04. The fourth-order valence-electron chi connectivity index (χ4n) is 1.99. The first kappa shape index (κ1) is 11.1. The molecule has 2 heterocycles. The molecule has 5 nitrogen and oxygen atoms in total. The standard InChI is InChI=1S/C11H18N4O/c1-3-8-4-10(15-14-8)13-11(16)9-6-12-5-7(9)2/h4,7,9,12H,3,5-6H2,1-2H3,(H2,13,14,15,16)/t7-,9-/m1/s1. The van der Waals surface area contributed by atoms with E-state index in [2.05, 4.69) is 27.8 Å². The van der Waals surface area contributed by atoms with Crippen LogP contribution in [0.2, 0.25) is 0 Å². The summed E-state index contributed by atoms with van der Waals surface area (Å²) in [5.74, 6) is 1.14. The van der Waals surface area contributed by atoms with Crippen LogP contribution in [0.15, 0.2) is 6.07 Å². The van der Waals surface area contributed by atoms with Crippen molar-refractivity contribution in [2.24, 2.45) is 11.8 Å². The molecular weight excluding hydrogens is 204 g/mol. The number of rotatable bonds is 3. The molecule has 0 radical (unpaired) electrons. The highest BCUT2D eigenvalue weighted by molar-refractivity contribution is 5.92. The number of H-pyrrole nitrogens is 1. The molecule has 3 N–H and O–H groups in total. The second kappa shape index (κ2) is 4.65. The Kier molecular flexibility index (Phi) is 3.24. The minimum absolute atomic E-state index is 0.0572. The van der Waals surface area contributed by atoms with E-state index in [0.29, 0.717) is 11.7 Å². The van der Waals surface area contributed by atoms with Gasteiger partial charge >= 0.3 is 0 Å². The van der Waals surface area contributed by atoms with Crippen molar-refractivity contribution in [2.75, 3.05) is 18.4 Å². The smallest absolute Gasteiger partial charge is 0.230 e. The Morgan fingerprint density at radius 2 is 2.44 bits per heavy atom. The van der Waals surface area contributed by atoms with Crippen LogP contribution in [0.1, 0.15) is 19.5 Å². The molecule has 88 valence electrons. The van der Waals surface area contributed by atoms with Crippen molar-refractivity contribution in [1.82, 2.24) is 15.5 Å². The molecule has 0 spiro atoms. The van der Waals surface area contributed by atoms with E-state index in [0.717, 1.165) is 25.2 Å². The van der Waals surface area contributed by atoms with E-state index in [-0.39, 0.29) is 11.8 Å². The van der Waals surface area contributed by atoms with E-state index in [1.165, 1.54) is 0 Å². The molecule has 1 aliphatic heterocycles. The van der Waals surface area contributed by atoms with Gasteiger partial charge in [-0.3, -0.25) is 9.89 Å². The second-order valence-corrected chi connectivity index (χ2v) is 4.36. The van der Waals surface area contributed by atoms with Crippen LogP contribution in [0, 0.1) is 11.8 Å². The minimum atomic E-state index is 0.0572. The maximum atomic E-state index is 11.9. The number of aryl methyl sites for hydroxylation is 1. The van der Waals surface area contributed by atoms with Gasteiger partial charge in [0.15, 0.2) is 5.82 Å². The van der Waals surface area contributed by atoms with Gasteiger partial charge in [0.1, 0.15) is 0 Å². The van der Waals surface area contributed by atoms with Crippen molar-refractivity contribution in [2.45, 2.75) is 20.3 Å². The lowest BCUT2D eigenvalue weighted by Gasteiger charge is -2.12. The Morgan fingerprint density at radius 1 is 1.62 bits per heavy atom. The maximum absolute atomic E-state index is 11.9. The Morgan fingerprint density at radius 3 is 3.00 bits per heavy atom. The van der Waals surface area contributed by atoms with Crippen LogP contribution < -0.4 is 10.6 Å². The maximum Gasteiger partial charge on any atom is 0.230 e. The van der Waals surface area contributed by atoms with Crippen molar-refractivity contribution in [3.05, 3.63) is 11.8 Å². The van der Waals surface area contributed by atoms with Crippen molar-refractivity contribution in [1.29, 1.82) is 0 Å².